The van der Waals surface area contributed by atoms with Crippen molar-refractivity contribution in [1.82, 2.24) is 0 Å². The van der Waals surface area contributed by atoms with Gasteiger partial charge in [-0.25, -0.2) is 0 Å². The van der Waals surface area contributed by atoms with Crippen molar-refractivity contribution in [2.75, 3.05) is 0 Å². The molecule has 0 aliphatic heterocycles. The van der Waals surface area contributed by atoms with E-state index in [4.69, 9.17) is 9.47 Å². The van der Waals surface area contributed by atoms with Crippen LogP contribution in [0, 0.1) is 3.57 Å². The topological polar surface area (TPSA) is 52.6 Å². The summed E-state index contributed by atoms with van der Waals surface area (Å²) in [4.78, 5) is 24.3. The van der Waals surface area contributed by atoms with E-state index in [1.54, 1.807) is 0 Å². The van der Waals surface area contributed by atoms with Crippen LogP contribution in [-0.2, 0) is 19.1 Å². The van der Waals surface area contributed by atoms with Crippen LogP contribution >= 0.6 is 22.6 Å². The van der Waals surface area contributed by atoms with E-state index in [9.17, 15) is 9.59 Å². The van der Waals surface area contributed by atoms with Gasteiger partial charge in [-0.1, -0.05) is 45.6 Å². The molecule has 27 heavy (non-hydrogen) atoms. The Hall–Kier alpha value is -1.11. The largest absolute Gasteiger partial charge is 0.457 e. The molecule has 0 radical (unpaired) electrons. The van der Waals surface area contributed by atoms with Crippen molar-refractivity contribution < 1.29 is 19.1 Å². The number of ether oxygens (including phenoxy) is 2. The average molecular weight is 486 g/mol. The van der Waals surface area contributed by atoms with Crippen molar-refractivity contribution in [2.45, 2.75) is 90.3 Å². The number of hydrogen-bond donors (Lipinski definition) is 0. The van der Waals surface area contributed by atoms with Crippen LogP contribution in [0.3, 0.4) is 0 Å². The van der Waals surface area contributed by atoms with E-state index in [0.717, 1.165) is 53.2 Å². The molecule has 0 N–H and O–H groups in total. The van der Waals surface area contributed by atoms with E-state index >= 15 is 0 Å². The Balaban J connectivity index is 2.03. The van der Waals surface area contributed by atoms with Crippen molar-refractivity contribution in [2.24, 2.45) is 0 Å². The van der Waals surface area contributed by atoms with Gasteiger partial charge < -0.3 is 9.47 Å². The van der Waals surface area contributed by atoms with Crippen LogP contribution in [0.4, 0.5) is 0 Å². The summed E-state index contributed by atoms with van der Waals surface area (Å²) in [5.74, 6) is -0.263. The number of carbonyl (C=O) groups is 2. The summed E-state index contributed by atoms with van der Waals surface area (Å²) >= 11 is 2.26. The highest BCUT2D eigenvalue weighted by Crippen LogP contribution is 2.41. The summed E-state index contributed by atoms with van der Waals surface area (Å²) in [6, 6.07) is 6.08. The van der Waals surface area contributed by atoms with Gasteiger partial charge >= 0.3 is 11.9 Å². The highest BCUT2D eigenvalue weighted by molar-refractivity contribution is 14.1. The number of esters is 2. The molecule has 0 fully saturated rings. The van der Waals surface area contributed by atoms with Crippen molar-refractivity contribution >= 4 is 34.5 Å². The van der Waals surface area contributed by atoms with Gasteiger partial charge in [0.1, 0.15) is 12.2 Å². The first kappa shape index (κ1) is 22.2. The molecule has 0 amide bonds. The Morgan fingerprint density at radius 2 is 1.41 bits per heavy atom. The molecule has 0 saturated heterocycles. The molecule has 0 bridgehead atoms. The molecular formula is C22H31IO4. The number of rotatable bonds is 10. The number of carbonyl (C=O) groups excluding carboxylic acids is 2. The van der Waals surface area contributed by atoms with Crippen LogP contribution in [-0.4, -0.2) is 11.9 Å². The molecule has 4 nitrogen and oxygen atoms in total. The average Bonchev–Trinajstić information content (AvgIpc) is 2.64. The van der Waals surface area contributed by atoms with Crippen molar-refractivity contribution in [3.05, 3.63) is 32.9 Å². The summed E-state index contributed by atoms with van der Waals surface area (Å²) < 4.78 is 12.6. The minimum atomic E-state index is -0.237. The maximum atomic E-state index is 12.2. The second-order valence-electron chi connectivity index (χ2n) is 7.22. The molecule has 150 valence electrons. The highest BCUT2D eigenvalue weighted by Gasteiger charge is 2.31. The van der Waals surface area contributed by atoms with E-state index in [2.05, 4.69) is 42.5 Å². The zero-order chi connectivity index (χ0) is 19.6. The predicted molar refractivity (Wildman–Crippen MR) is 114 cm³/mol. The Morgan fingerprint density at radius 3 is 1.93 bits per heavy atom. The summed E-state index contributed by atoms with van der Waals surface area (Å²) in [7, 11) is 0. The second-order valence-corrected chi connectivity index (χ2v) is 8.47. The maximum Gasteiger partial charge on any atom is 0.306 e. The van der Waals surface area contributed by atoms with Crippen LogP contribution in [0.1, 0.15) is 101 Å². The van der Waals surface area contributed by atoms with E-state index in [1.165, 1.54) is 0 Å². The Bertz CT molecular complexity index is 629. The fourth-order valence-corrected chi connectivity index (χ4v) is 3.97. The van der Waals surface area contributed by atoms with Crippen LogP contribution in [0.2, 0.25) is 0 Å². The Morgan fingerprint density at radius 1 is 0.889 bits per heavy atom. The number of benzene rings is 1. The lowest BCUT2D eigenvalue weighted by atomic mass is 9.87. The molecule has 1 aliphatic rings. The molecule has 2 atom stereocenters. The zero-order valence-corrected chi connectivity index (χ0v) is 18.6. The summed E-state index contributed by atoms with van der Waals surface area (Å²) in [6.45, 7) is 4.24. The molecule has 0 spiro atoms. The van der Waals surface area contributed by atoms with Crippen molar-refractivity contribution in [3.8, 4) is 0 Å². The Labute approximate surface area is 176 Å². The van der Waals surface area contributed by atoms with E-state index in [-0.39, 0.29) is 24.1 Å². The first-order valence-electron chi connectivity index (χ1n) is 10.2. The molecular weight excluding hydrogens is 455 g/mol. The summed E-state index contributed by atoms with van der Waals surface area (Å²) in [5, 5.41) is 0. The van der Waals surface area contributed by atoms with Crippen molar-refractivity contribution in [3.63, 3.8) is 0 Å². The maximum absolute atomic E-state index is 12.2. The van der Waals surface area contributed by atoms with Gasteiger partial charge in [0.15, 0.2) is 0 Å². The summed E-state index contributed by atoms with van der Waals surface area (Å²) in [5.41, 5.74) is 1.97. The highest BCUT2D eigenvalue weighted by atomic mass is 127. The van der Waals surface area contributed by atoms with E-state index < -0.39 is 0 Å². The molecule has 2 unspecified atom stereocenters. The molecule has 2 rings (SSSR count). The van der Waals surface area contributed by atoms with Crippen LogP contribution in [0.15, 0.2) is 18.2 Å². The third-order valence-corrected chi connectivity index (χ3v) is 5.62. The van der Waals surface area contributed by atoms with Gasteiger partial charge in [0.25, 0.3) is 0 Å². The monoisotopic (exact) mass is 486 g/mol. The number of unbranched alkanes of at least 4 members (excludes halogenated alkanes) is 4. The molecule has 5 heteroatoms. The van der Waals surface area contributed by atoms with Gasteiger partial charge in [0, 0.05) is 22.0 Å². The van der Waals surface area contributed by atoms with Crippen LogP contribution < -0.4 is 0 Å². The molecule has 1 aromatic carbocycles. The van der Waals surface area contributed by atoms with Gasteiger partial charge in [-0.2, -0.15) is 0 Å². The van der Waals surface area contributed by atoms with Crippen LogP contribution in [0.25, 0.3) is 0 Å². The van der Waals surface area contributed by atoms with Crippen LogP contribution in [0.5, 0.6) is 0 Å². The van der Waals surface area contributed by atoms with Gasteiger partial charge in [-0.15, -0.1) is 0 Å². The fourth-order valence-electron chi connectivity index (χ4n) is 3.45. The van der Waals surface area contributed by atoms with Gasteiger partial charge in [0.05, 0.1) is 0 Å². The third-order valence-electron chi connectivity index (χ3n) is 4.95. The molecule has 1 aromatic rings. The predicted octanol–water partition coefficient (Wildman–Crippen LogP) is 6.41. The van der Waals surface area contributed by atoms with Gasteiger partial charge in [-0.05, 0) is 66.0 Å². The first-order chi connectivity index (χ1) is 13.0. The van der Waals surface area contributed by atoms with Gasteiger partial charge in [0.2, 0.25) is 0 Å². The molecule has 1 aliphatic carbocycles. The number of halogens is 1. The smallest absolute Gasteiger partial charge is 0.306 e. The quantitative estimate of drug-likeness (QED) is 0.218. The molecule has 0 heterocycles. The normalized spacial score (nSPS) is 18.6. The lowest BCUT2D eigenvalue weighted by Gasteiger charge is -2.31. The summed E-state index contributed by atoms with van der Waals surface area (Å²) in [6.07, 6.45) is 7.87. The third kappa shape index (κ3) is 7.09. The van der Waals surface area contributed by atoms with E-state index in [1.807, 2.05) is 12.1 Å². The number of hydrogen-bond acceptors (Lipinski definition) is 4. The lowest BCUT2D eigenvalue weighted by molar-refractivity contribution is -0.156. The number of fused-ring (bicyclic) bond motifs is 1. The minimum Gasteiger partial charge on any atom is -0.457 e. The van der Waals surface area contributed by atoms with E-state index in [0.29, 0.717) is 25.7 Å². The van der Waals surface area contributed by atoms with Crippen molar-refractivity contribution in [1.29, 1.82) is 0 Å². The SMILES string of the molecule is CCCCCC(=O)OC1CCC(OC(=O)CCCCC)c2cc(I)ccc21. The minimum absolute atomic E-state index is 0.131. The zero-order valence-electron chi connectivity index (χ0n) is 16.5. The second kappa shape index (κ2) is 11.7. The first-order valence-corrected chi connectivity index (χ1v) is 11.3. The fraction of sp³-hybridized carbons (Fsp3) is 0.636. The Kier molecular flexibility index (Phi) is 9.59. The molecule has 0 saturated carbocycles. The lowest BCUT2D eigenvalue weighted by Crippen LogP contribution is -2.22. The molecule has 0 aromatic heterocycles. The standard InChI is InChI=1S/C22H31IO4/c1-3-5-7-9-21(24)26-19-13-14-20(27-22(25)10-8-6-4-2)18-15-16(23)11-12-17(18)19/h11-12,15,19-20H,3-10,13-14H2,1-2H3. The van der Waals surface area contributed by atoms with Gasteiger partial charge in [-0.3, -0.25) is 9.59 Å².